The standard InChI is InChI=1S/C46H38N2O6S/c1-32(34-19-21-35(22-20-34)36-23-26-41-42(30-36)53-31-52-41)47-54-28-27-51-40-24-17-33(18-25-40)29-43-44(49)48(45(50)55-43)46(37-11-5-2-6-12-37,38-13-7-3-8-14-38)39-15-9-4-10-16-39/h2-26,30,47,49H,1,27-29,31H2. The molecule has 55 heavy (non-hydrogen) atoms. The van der Waals surface area contributed by atoms with E-state index in [1.807, 2.05) is 158 Å². The van der Waals surface area contributed by atoms with Crippen LogP contribution in [0.3, 0.4) is 0 Å². The summed E-state index contributed by atoms with van der Waals surface area (Å²) >= 11 is 1.06. The van der Waals surface area contributed by atoms with E-state index in [-0.39, 0.29) is 24.2 Å². The molecule has 1 aliphatic heterocycles. The number of aromatic nitrogens is 1. The van der Waals surface area contributed by atoms with Gasteiger partial charge in [0.1, 0.15) is 24.5 Å². The monoisotopic (exact) mass is 746 g/mol. The van der Waals surface area contributed by atoms with Gasteiger partial charge in [-0.3, -0.25) is 19.7 Å². The number of hydroxylamine groups is 1. The van der Waals surface area contributed by atoms with Crippen molar-refractivity contribution in [2.75, 3.05) is 20.0 Å². The highest BCUT2D eigenvalue weighted by Gasteiger charge is 2.42. The Balaban J connectivity index is 0.904. The Morgan fingerprint density at radius 3 is 1.93 bits per heavy atom. The molecule has 2 heterocycles. The van der Waals surface area contributed by atoms with Gasteiger partial charge in [0.15, 0.2) is 11.5 Å². The third-order valence-corrected chi connectivity index (χ3v) is 10.6. The number of thiazole rings is 1. The van der Waals surface area contributed by atoms with Gasteiger partial charge in [0.2, 0.25) is 12.7 Å². The van der Waals surface area contributed by atoms with Crippen molar-refractivity contribution in [3.63, 3.8) is 0 Å². The maximum atomic E-state index is 14.0. The Morgan fingerprint density at radius 2 is 1.31 bits per heavy atom. The smallest absolute Gasteiger partial charge is 0.311 e. The van der Waals surface area contributed by atoms with Gasteiger partial charge in [-0.2, -0.15) is 0 Å². The quantitative estimate of drug-likeness (QED) is 0.0652. The zero-order valence-electron chi connectivity index (χ0n) is 29.9. The molecule has 0 saturated carbocycles. The van der Waals surface area contributed by atoms with E-state index in [0.717, 1.165) is 61.8 Å². The fraction of sp³-hybridized carbons (Fsp3) is 0.109. The highest BCUT2D eigenvalue weighted by Crippen LogP contribution is 2.44. The average Bonchev–Trinajstić information content (AvgIpc) is 3.82. The van der Waals surface area contributed by atoms with Gasteiger partial charge in [0.25, 0.3) is 0 Å². The van der Waals surface area contributed by atoms with Gasteiger partial charge >= 0.3 is 4.87 Å². The fourth-order valence-corrected chi connectivity index (χ4v) is 7.92. The largest absolute Gasteiger partial charge is 0.494 e. The van der Waals surface area contributed by atoms with Crippen LogP contribution in [0.2, 0.25) is 0 Å². The van der Waals surface area contributed by atoms with Crippen LogP contribution in [0.1, 0.15) is 32.7 Å². The molecule has 2 N–H and O–H groups in total. The van der Waals surface area contributed by atoms with Gasteiger partial charge < -0.3 is 19.3 Å². The van der Waals surface area contributed by atoms with Gasteiger partial charge in [-0.1, -0.05) is 151 Å². The Kier molecular flexibility index (Phi) is 10.2. The van der Waals surface area contributed by atoms with Crippen LogP contribution in [0, 0.1) is 0 Å². The van der Waals surface area contributed by atoms with Crippen molar-refractivity contribution in [2.24, 2.45) is 0 Å². The normalized spacial score (nSPS) is 12.0. The lowest BCUT2D eigenvalue weighted by Crippen LogP contribution is -2.42. The number of hydrogen-bond donors (Lipinski definition) is 2. The van der Waals surface area contributed by atoms with E-state index in [1.165, 1.54) is 0 Å². The van der Waals surface area contributed by atoms with Crippen LogP contribution < -0.4 is 24.6 Å². The lowest BCUT2D eigenvalue weighted by Gasteiger charge is -2.37. The maximum absolute atomic E-state index is 14.0. The van der Waals surface area contributed by atoms with Gasteiger partial charge in [-0.15, -0.1) is 0 Å². The average molecular weight is 747 g/mol. The van der Waals surface area contributed by atoms with E-state index in [4.69, 9.17) is 19.0 Å². The first-order valence-electron chi connectivity index (χ1n) is 17.9. The number of benzene rings is 6. The molecule has 6 aromatic carbocycles. The molecule has 1 aromatic heterocycles. The first kappa shape index (κ1) is 35.5. The summed E-state index contributed by atoms with van der Waals surface area (Å²) in [6.45, 7) is 4.95. The Labute approximate surface area is 323 Å². The second-order valence-corrected chi connectivity index (χ2v) is 14.0. The summed E-state index contributed by atoms with van der Waals surface area (Å²) in [5.74, 6) is 2.13. The molecule has 1 aliphatic rings. The molecule has 274 valence electrons. The lowest BCUT2D eigenvalue weighted by molar-refractivity contribution is 0.0541. The van der Waals surface area contributed by atoms with Crippen molar-refractivity contribution in [2.45, 2.75) is 12.0 Å². The molecule has 0 spiro atoms. The van der Waals surface area contributed by atoms with Crippen LogP contribution in [-0.2, 0) is 16.8 Å². The topological polar surface area (TPSA) is 91.2 Å². The number of aromatic hydroxyl groups is 1. The highest BCUT2D eigenvalue weighted by atomic mass is 32.1. The van der Waals surface area contributed by atoms with E-state index in [1.54, 1.807) is 4.57 Å². The van der Waals surface area contributed by atoms with Crippen LogP contribution >= 0.6 is 11.3 Å². The molecule has 0 radical (unpaired) electrons. The molecule has 0 aliphatic carbocycles. The predicted octanol–water partition coefficient (Wildman–Crippen LogP) is 9.01. The molecule has 0 atom stereocenters. The van der Waals surface area contributed by atoms with Gasteiger partial charge in [0, 0.05) is 6.42 Å². The van der Waals surface area contributed by atoms with Crippen molar-refractivity contribution >= 4 is 17.0 Å². The molecule has 0 fully saturated rings. The predicted molar refractivity (Wildman–Crippen MR) is 216 cm³/mol. The van der Waals surface area contributed by atoms with Crippen LogP contribution in [0.15, 0.2) is 169 Å². The molecule has 9 heteroatoms. The molecular formula is C46H38N2O6S. The molecule has 0 amide bonds. The summed E-state index contributed by atoms with van der Waals surface area (Å²) in [4.78, 5) is 20.0. The number of nitrogens with zero attached hydrogens (tertiary/aromatic N) is 1. The fourth-order valence-electron chi connectivity index (χ4n) is 6.97. The van der Waals surface area contributed by atoms with E-state index in [2.05, 4.69) is 12.1 Å². The molecule has 0 saturated heterocycles. The van der Waals surface area contributed by atoms with Crippen molar-refractivity contribution in [1.29, 1.82) is 0 Å². The molecule has 7 aromatic rings. The Bertz CT molecular complexity index is 2350. The minimum Gasteiger partial charge on any atom is -0.494 e. The van der Waals surface area contributed by atoms with Crippen LogP contribution in [-0.4, -0.2) is 29.7 Å². The Morgan fingerprint density at radius 1 is 0.727 bits per heavy atom. The minimum absolute atomic E-state index is 0.0567. The number of rotatable bonds is 14. The van der Waals surface area contributed by atoms with Crippen LogP contribution in [0.25, 0.3) is 16.8 Å². The molecule has 0 bridgehead atoms. The van der Waals surface area contributed by atoms with Crippen LogP contribution in [0.4, 0.5) is 0 Å². The third kappa shape index (κ3) is 7.23. The van der Waals surface area contributed by atoms with Crippen LogP contribution in [0.5, 0.6) is 23.1 Å². The first-order valence-corrected chi connectivity index (χ1v) is 18.7. The van der Waals surface area contributed by atoms with E-state index in [9.17, 15) is 9.90 Å². The van der Waals surface area contributed by atoms with Gasteiger partial charge in [0.05, 0.1) is 10.6 Å². The number of ether oxygens (including phenoxy) is 3. The van der Waals surface area contributed by atoms with Crippen molar-refractivity contribution in [3.05, 3.63) is 207 Å². The summed E-state index contributed by atoms with van der Waals surface area (Å²) in [5.41, 5.74) is 8.97. The zero-order valence-corrected chi connectivity index (χ0v) is 30.7. The second kappa shape index (κ2) is 15.8. The lowest BCUT2D eigenvalue weighted by atomic mass is 9.76. The summed E-state index contributed by atoms with van der Waals surface area (Å²) in [5, 5.41) is 11.9. The summed E-state index contributed by atoms with van der Waals surface area (Å²) in [7, 11) is 0. The molecule has 8 nitrogen and oxygen atoms in total. The molecule has 0 unspecified atom stereocenters. The minimum atomic E-state index is -1.10. The third-order valence-electron chi connectivity index (χ3n) is 9.64. The van der Waals surface area contributed by atoms with Crippen molar-refractivity contribution < 1.29 is 24.2 Å². The SMILES string of the molecule is C=C(NOCCOc1ccc(Cc2sc(=O)n(C(c3ccccc3)(c3ccccc3)c3ccccc3)c2O)cc1)c1ccc(-c2ccc3c(c2)OCO3)cc1. The summed E-state index contributed by atoms with van der Waals surface area (Å²) in [6.07, 6.45) is 0.375. The Hall–Kier alpha value is -6.55. The highest BCUT2D eigenvalue weighted by molar-refractivity contribution is 7.09. The number of nitrogens with one attached hydrogen (secondary N) is 1. The van der Waals surface area contributed by atoms with E-state index in [0.29, 0.717) is 29.4 Å². The summed E-state index contributed by atoms with van der Waals surface area (Å²) < 4.78 is 18.4. The maximum Gasteiger partial charge on any atom is 0.311 e. The first-order chi connectivity index (χ1) is 27.0. The van der Waals surface area contributed by atoms with E-state index < -0.39 is 5.54 Å². The number of hydrogen-bond acceptors (Lipinski definition) is 8. The zero-order chi connectivity index (χ0) is 37.6. The second-order valence-electron chi connectivity index (χ2n) is 13.0. The van der Waals surface area contributed by atoms with E-state index >= 15 is 0 Å². The van der Waals surface area contributed by atoms with Gasteiger partial charge in [-0.05, 0) is 63.2 Å². The molecular weight excluding hydrogens is 709 g/mol. The van der Waals surface area contributed by atoms with Crippen molar-refractivity contribution in [1.82, 2.24) is 10.0 Å². The van der Waals surface area contributed by atoms with Crippen molar-refractivity contribution in [3.8, 4) is 34.3 Å². The molecule has 8 rings (SSSR count). The van der Waals surface area contributed by atoms with Gasteiger partial charge in [-0.25, -0.2) is 0 Å². The number of fused-ring (bicyclic) bond motifs is 1. The summed E-state index contributed by atoms with van der Waals surface area (Å²) in [6, 6.07) is 51.1.